The molecule has 0 aromatic rings. The number of hydrogen-bond donors (Lipinski definition) is 2. The van der Waals surface area contributed by atoms with Crippen LogP contribution in [0.1, 0.15) is 12.8 Å². The fourth-order valence-electron chi connectivity index (χ4n) is 2.13. The highest BCUT2D eigenvalue weighted by atomic mass is 32.3. The van der Waals surface area contributed by atoms with Crippen molar-refractivity contribution < 1.29 is 26.8 Å². The van der Waals surface area contributed by atoms with E-state index in [1.165, 1.54) is 0 Å². The topological polar surface area (TPSA) is 130 Å². The van der Waals surface area contributed by atoms with E-state index in [0.29, 0.717) is 17.9 Å². The Labute approximate surface area is 97.0 Å². The zero-order chi connectivity index (χ0) is 12.8. The molecule has 0 spiro atoms. The lowest BCUT2D eigenvalue weighted by molar-refractivity contribution is -0.122. The third-order valence-electron chi connectivity index (χ3n) is 2.83. The molecule has 3 amide bonds. The van der Waals surface area contributed by atoms with Gasteiger partial charge in [-0.25, -0.2) is 4.79 Å². The van der Waals surface area contributed by atoms with E-state index < -0.39 is 34.4 Å². The Kier molecular flexibility index (Phi) is 2.72. The van der Waals surface area contributed by atoms with Crippen LogP contribution in [0.3, 0.4) is 0 Å². The summed E-state index contributed by atoms with van der Waals surface area (Å²) in [5, 5.41) is 0.568. The lowest BCUT2D eigenvalue weighted by atomic mass is 10.8. The Bertz CT molecular complexity index is 462. The number of rotatable bonds is 3. The van der Waals surface area contributed by atoms with E-state index >= 15 is 0 Å². The van der Waals surface area contributed by atoms with Crippen molar-refractivity contribution in [1.82, 2.24) is 9.96 Å². The fraction of sp³-hybridized carbons (Fsp3) is 0.714. The molecule has 0 aromatic carbocycles. The second-order valence-corrected chi connectivity index (χ2v) is 4.92. The van der Waals surface area contributed by atoms with E-state index in [4.69, 9.17) is 10.3 Å². The van der Waals surface area contributed by atoms with Gasteiger partial charge < -0.3 is 10.6 Å². The van der Waals surface area contributed by atoms with Crippen molar-refractivity contribution in [3.8, 4) is 0 Å². The van der Waals surface area contributed by atoms with Gasteiger partial charge in [0, 0.05) is 6.54 Å². The lowest BCUT2D eigenvalue weighted by Crippen LogP contribution is -2.47. The first-order valence-corrected chi connectivity index (χ1v) is 6.22. The van der Waals surface area contributed by atoms with Crippen LogP contribution >= 0.6 is 0 Å². The summed E-state index contributed by atoms with van der Waals surface area (Å²) in [7, 11) is -4.75. The number of hydroxylamine groups is 2. The molecule has 2 rings (SSSR count). The SMILES string of the molecule is N[13C](=O)[13C@@H]1[13CH2][13CH2][13C@@H]2C[15N]1C(=O)N2OS(=O)(=O)O. The maximum atomic E-state index is 11.7. The van der Waals surface area contributed by atoms with E-state index in [9.17, 15) is 18.0 Å². The first kappa shape index (κ1) is 12.1. The van der Waals surface area contributed by atoms with Crippen molar-refractivity contribution in [3.05, 3.63) is 0 Å². The number of hydrogen-bond acceptors (Lipinski definition) is 5. The van der Waals surface area contributed by atoms with Gasteiger partial charge in [0.15, 0.2) is 0 Å². The number of nitrogens with zero attached hydrogens (tertiary/aromatic N) is 2. The maximum Gasteiger partial charge on any atom is 0.418 e. The number of fused-ring (bicyclic) bond motifs is 2. The molecule has 2 bridgehead atoms. The van der Waals surface area contributed by atoms with Crippen LogP contribution in [-0.4, -0.2) is 53.5 Å². The molecule has 0 aromatic heterocycles. The number of piperidine rings is 1. The van der Waals surface area contributed by atoms with Gasteiger partial charge in [-0.2, -0.15) is 13.5 Å². The van der Waals surface area contributed by atoms with E-state index in [1.807, 2.05) is 0 Å². The number of urea groups is 1. The third kappa shape index (κ3) is 2.18. The van der Waals surface area contributed by atoms with Gasteiger partial charge in [0.25, 0.3) is 0 Å². The average Bonchev–Trinajstić information content (AvgIpc) is 2.42. The Hall–Kier alpha value is -1.39. The second-order valence-electron chi connectivity index (χ2n) is 3.91. The minimum Gasteiger partial charge on any atom is -0.368 e. The fourth-order valence-corrected chi connectivity index (χ4v) is 2.52. The molecular weight excluding hydrogens is 260 g/mol. The molecule has 96 valence electrons. The van der Waals surface area contributed by atoms with Gasteiger partial charge in [-0.3, -0.25) is 9.35 Å². The quantitative estimate of drug-likeness (QED) is 0.364. The summed E-state index contributed by atoms with van der Waals surface area (Å²) in [4.78, 5) is 23.9. The standard InChI is InChI=1S/C7H11N3O6S/c8-6(11)5-2-1-4-3-9(5)7(12)10(4)16-17(13,14)15/h4-5H,1-3H2,(H2,8,11)(H,13,14,15)/t4-,5+/m1/s1/i1+1,2+1,4+1,5+1,6+1,9+1. The maximum absolute atomic E-state index is 11.7. The largest absolute Gasteiger partial charge is 0.418 e. The first-order chi connectivity index (χ1) is 7.79. The van der Waals surface area contributed by atoms with Gasteiger partial charge in [0.1, 0.15) is 6.04 Å². The number of carbonyl (C=O) groups is 2. The molecule has 0 radical (unpaired) electrons. The van der Waals surface area contributed by atoms with Crippen molar-refractivity contribution in [1.29, 1.82) is 0 Å². The van der Waals surface area contributed by atoms with Crippen molar-refractivity contribution in [2.24, 2.45) is 5.73 Å². The molecule has 17 heavy (non-hydrogen) atoms. The van der Waals surface area contributed by atoms with Gasteiger partial charge in [-0.15, -0.1) is 4.28 Å². The molecule has 2 atom stereocenters. The molecule has 3 N–H and O–H groups in total. The Morgan fingerprint density at radius 2 is 2.12 bits per heavy atom. The normalized spacial score (nSPS) is 28.6. The number of primary amides is 1. The van der Waals surface area contributed by atoms with Gasteiger partial charge >= 0.3 is 16.4 Å². The molecule has 10 heteroatoms. The summed E-state index contributed by atoms with van der Waals surface area (Å²) < 4.78 is 33.8. The molecule has 2 aliphatic rings. The monoisotopic (exact) mass is 271 g/mol. The second kappa shape index (κ2) is 3.82. The van der Waals surface area contributed by atoms with Crippen LogP contribution in [0.5, 0.6) is 0 Å². The van der Waals surface area contributed by atoms with Crippen LogP contribution in [0.15, 0.2) is 0 Å². The molecule has 2 saturated heterocycles. The molecule has 2 heterocycles. The Balaban J connectivity index is 2.20. The summed E-state index contributed by atoms with van der Waals surface area (Å²) in [5.74, 6) is -0.648. The van der Waals surface area contributed by atoms with Gasteiger partial charge in [0.2, 0.25) is 5.91 Å². The Morgan fingerprint density at radius 3 is 2.65 bits per heavy atom. The Morgan fingerprint density at radius 1 is 1.47 bits per heavy atom. The van der Waals surface area contributed by atoms with E-state index in [-0.39, 0.29) is 6.54 Å². The van der Waals surface area contributed by atoms with Gasteiger partial charge in [-0.05, 0) is 12.8 Å². The van der Waals surface area contributed by atoms with Gasteiger partial charge in [-0.1, -0.05) is 0 Å². The van der Waals surface area contributed by atoms with Crippen LogP contribution in [0, 0.1) is 0 Å². The van der Waals surface area contributed by atoms with Crippen molar-refractivity contribution in [2.75, 3.05) is 6.54 Å². The summed E-state index contributed by atoms with van der Waals surface area (Å²) in [6, 6.07) is -2.04. The lowest BCUT2D eigenvalue weighted by Gasteiger charge is -2.27. The molecule has 0 saturated carbocycles. The highest BCUT2D eigenvalue weighted by Crippen LogP contribution is 2.30. The average molecular weight is 271 g/mol. The highest BCUT2D eigenvalue weighted by molar-refractivity contribution is 7.80. The number of carbonyl (C=O) groups excluding carboxylic acids is 2. The molecule has 0 unspecified atom stereocenters. The number of nitrogens with two attached hydrogens (primary N) is 1. The van der Waals surface area contributed by atoms with Crippen LogP contribution < -0.4 is 5.73 Å². The molecule has 2 fully saturated rings. The molecule has 9 nitrogen and oxygen atoms in total. The predicted molar refractivity (Wildman–Crippen MR) is 52.6 cm³/mol. The highest BCUT2D eigenvalue weighted by Gasteiger charge is 2.48. The van der Waals surface area contributed by atoms with Crippen LogP contribution in [0.4, 0.5) is 4.79 Å². The van der Waals surface area contributed by atoms with E-state index in [2.05, 4.69) is 4.28 Å². The molecule has 0 aliphatic carbocycles. The molecular formula is C7H11N3O6S. The van der Waals surface area contributed by atoms with E-state index in [1.54, 1.807) is 0 Å². The smallest absolute Gasteiger partial charge is 0.368 e. The van der Waals surface area contributed by atoms with E-state index in [0.717, 1.165) is 4.90 Å². The van der Waals surface area contributed by atoms with Crippen LogP contribution in [0.2, 0.25) is 0 Å². The zero-order valence-electron chi connectivity index (χ0n) is 8.64. The molecule has 2 aliphatic heterocycles. The zero-order valence-corrected chi connectivity index (χ0v) is 9.46. The predicted octanol–water partition coefficient (Wildman–Crippen LogP) is -1.53. The van der Waals surface area contributed by atoms with Crippen molar-refractivity contribution >= 4 is 22.3 Å². The summed E-state index contributed by atoms with van der Waals surface area (Å²) in [6.45, 7) is 0.155. The number of amides is 3. The summed E-state index contributed by atoms with van der Waals surface area (Å²) in [6.07, 6.45) is 0.725. The summed E-state index contributed by atoms with van der Waals surface area (Å²) >= 11 is 0. The minimum atomic E-state index is -4.75. The van der Waals surface area contributed by atoms with Crippen LogP contribution in [0.25, 0.3) is 0 Å². The first-order valence-electron chi connectivity index (χ1n) is 4.86. The summed E-state index contributed by atoms with van der Waals surface area (Å²) in [5.41, 5.74) is 5.13. The van der Waals surface area contributed by atoms with Gasteiger partial charge in [0.05, 0.1) is 6.04 Å². The van der Waals surface area contributed by atoms with Crippen LogP contribution in [-0.2, 0) is 19.5 Å². The van der Waals surface area contributed by atoms with Crippen molar-refractivity contribution in [3.63, 3.8) is 0 Å². The van der Waals surface area contributed by atoms with Crippen molar-refractivity contribution in [2.45, 2.75) is 24.9 Å². The minimum absolute atomic E-state index is 0.155. The third-order valence-corrected chi connectivity index (χ3v) is 3.17.